The Morgan fingerprint density at radius 1 is 1.21 bits per heavy atom. The van der Waals surface area contributed by atoms with Gasteiger partial charge in [0.25, 0.3) is 0 Å². The molecule has 1 saturated heterocycles. The maximum atomic E-state index is 13.5. The quantitative estimate of drug-likeness (QED) is 0.843. The number of fused-ring (bicyclic) bond motifs is 1. The van der Waals surface area contributed by atoms with Gasteiger partial charge in [0, 0.05) is 18.9 Å². The third-order valence-electron chi connectivity index (χ3n) is 4.77. The van der Waals surface area contributed by atoms with E-state index in [1.54, 1.807) is 0 Å². The summed E-state index contributed by atoms with van der Waals surface area (Å²) in [6.07, 6.45) is 1.81. The number of carbonyl (C=O) groups is 1. The van der Waals surface area contributed by atoms with Crippen molar-refractivity contribution in [3.8, 4) is 0 Å². The van der Waals surface area contributed by atoms with Gasteiger partial charge in [0.05, 0.1) is 5.69 Å². The molecule has 1 N–H and O–H groups in total. The maximum Gasteiger partial charge on any atom is 0.248 e. The van der Waals surface area contributed by atoms with E-state index >= 15 is 0 Å². The molecule has 0 aliphatic carbocycles. The topological polar surface area (TPSA) is 66.5 Å². The number of benzene rings is 1. The first-order valence-corrected chi connectivity index (χ1v) is 9.36. The van der Waals surface area contributed by atoms with Gasteiger partial charge in [0.1, 0.15) is 0 Å². The lowest BCUT2D eigenvalue weighted by atomic mass is 9.95. The SMILES string of the molecule is CS(=O)(=O)C1(C(=O)N2CCc3cc(F)c(F)cc32)CCNCC1.Cl. The molecule has 1 fully saturated rings. The number of nitrogens with zero attached hydrogens (tertiary/aromatic N) is 1. The standard InChI is InChI=1S/C15H18F2N2O3S.ClH/c1-23(21,22)15(3-5-18-6-4-15)14(20)19-7-2-10-8-11(16)12(17)9-13(10)19;/h8-9,18H,2-7H2,1H3;1H. The van der Waals surface area contributed by atoms with E-state index in [1.165, 1.54) is 4.90 Å². The summed E-state index contributed by atoms with van der Waals surface area (Å²) in [7, 11) is -3.64. The predicted octanol–water partition coefficient (Wildman–Crippen LogP) is 1.44. The van der Waals surface area contributed by atoms with E-state index in [4.69, 9.17) is 0 Å². The largest absolute Gasteiger partial charge is 0.317 e. The van der Waals surface area contributed by atoms with Crippen LogP contribution in [0.15, 0.2) is 12.1 Å². The van der Waals surface area contributed by atoms with Crippen LogP contribution in [0.5, 0.6) is 0 Å². The molecular formula is C15H19ClF2N2O3S. The highest BCUT2D eigenvalue weighted by Crippen LogP contribution is 2.36. The number of hydrogen-bond donors (Lipinski definition) is 1. The molecule has 3 rings (SSSR count). The van der Waals surface area contributed by atoms with Gasteiger partial charge >= 0.3 is 0 Å². The minimum absolute atomic E-state index is 0. The van der Waals surface area contributed by atoms with Crippen LogP contribution in [-0.2, 0) is 21.1 Å². The van der Waals surface area contributed by atoms with Crippen LogP contribution in [0.25, 0.3) is 0 Å². The third-order valence-corrected chi connectivity index (χ3v) is 6.78. The molecule has 0 aromatic heterocycles. The van der Waals surface area contributed by atoms with E-state index in [-0.39, 0.29) is 37.5 Å². The van der Waals surface area contributed by atoms with Crippen LogP contribution in [0.4, 0.5) is 14.5 Å². The summed E-state index contributed by atoms with van der Waals surface area (Å²) in [5.41, 5.74) is 0.797. The van der Waals surface area contributed by atoms with Gasteiger partial charge in [-0.1, -0.05) is 0 Å². The second-order valence-electron chi connectivity index (χ2n) is 6.12. The normalized spacial score (nSPS) is 19.5. The summed E-state index contributed by atoms with van der Waals surface area (Å²) >= 11 is 0. The number of amides is 1. The highest BCUT2D eigenvalue weighted by atomic mass is 35.5. The average molecular weight is 381 g/mol. The zero-order valence-electron chi connectivity index (χ0n) is 13.1. The first-order valence-electron chi connectivity index (χ1n) is 7.46. The monoisotopic (exact) mass is 380 g/mol. The molecule has 1 amide bonds. The minimum atomic E-state index is -3.64. The molecule has 0 unspecified atom stereocenters. The smallest absolute Gasteiger partial charge is 0.248 e. The minimum Gasteiger partial charge on any atom is -0.317 e. The van der Waals surface area contributed by atoms with Crippen molar-refractivity contribution in [2.75, 3.05) is 30.8 Å². The zero-order valence-corrected chi connectivity index (χ0v) is 14.8. The maximum absolute atomic E-state index is 13.5. The summed E-state index contributed by atoms with van der Waals surface area (Å²) in [4.78, 5) is 14.3. The van der Waals surface area contributed by atoms with Crippen LogP contribution in [-0.4, -0.2) is 45.0 Å². The molecule has 0 saturated carbocycles. The van der Waals surface area contributed by atoms with E-state index < -0.39 is 32.1 Å². The molecule has 2 aliphatic rings. The summed E-state index contributed by atoms with van der Waals surface area (Å²) in [5, 5.41) is 3.05. The van der Waals surface area contributed by atoms with Gasteiger partial charge < -0.3 is 10.2 Å². The lowest BCUT2D eigenvalue weighted by Crippen LogP contribution is -2.58. The van der Waals surface area contributed by atoms with Gasteiger partial charge in [0.15, 0.2) is 26.2 Å². The van der Waals surface area contributed by atoms with Crippen molar-refractivity contribution >= 4 is 33.8 Å². The second kappa shape index (κ2) is 6.57. The van der Waals surface area contributed by atoms with Crippen LogP contribution >= 0.6 is 12.4 Å². The van der Waals surface area contributed by atoms with Gasteiger partial charge in [0.2, 0.25) is 5.91 Å². The fourth-order valence-electron chi connectivity index (χ4n) is 3.41. The number of nitrogens with one attached hydrogen (secondary N) is 1. The van der Waals surface area contributed by atoms with Crippen LogP contribution in [0.2, 0.25) is 0 Å². The van der Waals surface area contributed by atoms with Crippen molar-refractivity contribution in [2.24, 2.45) is 0 Å². The summed E-state index contributed by atoms with van der Waals surface area (Å²) < 4.78 is 50.0. The summed E-state index contributed by atoms with van der Waals surface area (Å²) in [5.74, 6) is -2.54. The number of halogens is 3. The number of rotatable bonds is 2. The molecule has 0 radical (unpaired) electrons. The zero-order chi connectivity index (χ0) is 16.8. The van der Waals surface area contributed by atoms with E-state index in [2.05, 4.69) is 5.32 Å². The highest BCUT2D eigenvalue weighted by Gasteiger charge is 2.51. The van der Waals surface area contributed by atoms with Crippen molar-refractivity contribution in [1.29, 1.82) is 0 Å². The Hall–Kier alpha value is -1.25. The van der Waals surface area contributed by atoms with E-state index in [1.807, 2.05) is 0 Å². The molecule has 2 aliphatic heterocycles. The van der Waals surface area contributed by atoms with E-state index in [0.29, 0.717) is 25.1 Å². The molecule has 24 heavy (non-hydrogen) atoms. The molecular weight excluding hydrogens is 362 g/mol. The van der Waals surface area contributed by atoms with Crippen molar-refractivity contribution in [3.05, 3.63) is 29.3 Å². The van der Waals surface area contributed by atoms with Crippen LogP contribution in [0.3, 0.4) is 0 Å². The third kappa shape index (κ3) is 2.91. The number of carbonyl (C=O) groups excluding carboxylic acids is 1. The molecule has 0 atom stereocenters. The van der Waals surface area contributed by atoms with Gasteiger partial charge in [-0.15, -0.1) is 12.4 Å². The number of sulfone groups is 1. The molecule has 9 heteroatoms. The Morgan fingerprint density at radius 2 is 1.79 bits per heavy atom. The van der Waals surface area contributed by atoms with Gasteiger partial charge in [-0.25, -0.2) is 17.2 Å². The lowest BCUT2D eigenvalue weighted by molar-refractivity contribution is -0.121. The summed E-state index contributed by atoms with van der Waals surface area (Å²) in [6.45, 7) is 1.09. The van der Waals surface area contributed by atoms with Crippen LogP contribution in [0.1, 0.15) is 18.4 Å². The Bertz CT molecular complexity index is 764. The first-order chi connectivity index (χ1) is 10.8. The van der Waals surface area contributed by atoms with Crippen LogP contribution in [0, 0.1) is 11.6 Å². The van der Waals surface area contributed by atoms with Crippen molar-refractivity contribution in [1.82, 2.24) is 5.32 Å². The highest BCUT2D eigenvalue weighted by molar-refractivity contribution is 7.92. The molecule has 1 aromatic carbocycles. The van der Waals surface area contributed by atoms with E-state index in [9.17, 15) is 22.0 Å². The van der Waals surface area contributed by atoms with Crippen molar-refractivity contribution < 1.29 is 22.0 Å². The molecule has 0 spiro atoms. The van der Waals surface area contributed by atoms with Crippen molar-refractivity contribution in [2.45, 2.75) is 24.0 Å². The van der Waals surface area contributed by atoms with Crippen molar-refractivity contribution in [3.63, 3.8) is 0 Å². The van der Waals surface area contributed by atoms with Crippen LogP contribution < -0.4 is 10.2 Å². The number of piperidine rings is 1. The average Bonchev–Trinajstić information content (AvgIpc) is 2.89. The lowest BCUT2D eigenvalue weighted by Gasteiger charge is -2.37. The Labute approximate surface area is 145 Å². The molecule has 5 nitrogen and oxygen atoms in total. The number of anilines is 1. The number of hydrogen-bond acceptors (Lipinski definition) is 4. The molecule has 0 bridgehead atoms. The molecule has 2 heterocycles. The Kier molecular flexibility index (Phi) is 5.22. The Morgan fingerprint density at radius 3 is 2.38 bits per heavy atom. The van der Waals surface area contributed by atoms with Gasteiger partial charge in [-0.3, -0.25) is 4.79 Å². The van der Waals surface area contributed by atoms with E-state index in [0.717, 1.165) is 18.4 Å². The van der Waals surface area contributed by atoms with Gasteiger partial charge in [-0.2, -0.15) is 0 Å². The molecule has 134 valence electrons. The fraction of sp³-hybridized carbons (Fsp3) is 0.533. The molecule has 1 aromatic rings. The van der Waals surface area contributed by atoms with Gasteiger partial charge in [-0.05, 0) is 44.0 Å². The first kappa shape index (κ1) is 19.1. The Balaban J connectivity index is 0.00000208. The fourth-order valence-corrected chi connectivity index (χ4v) is 4.79. The summed E-state index contributed by atoms with van der Waals surface area (Å²) in [6, 6.07) is 2.06. The second-order valence-corrected chi connectivity index (χ2v) is 8.44. The predicted molar refractivity (Wildman–Crippen MR) is 89.3 cm³/mol.